The van der Waals surface area contributed by atoms with Gasteiger partial charge in [0.15, 0.2) is 0 Å². The standard InChI is InChI=1S/C35H42ClN5O3/c1-39-16-6-9-29(24-39)44-33-11-5-4-10-32(33)40-17-19-41(20-18-40)35(43)31(21-25-12-14-28(36)15-13-25)38-34(42)30-22-26-7-2-3-8-27(26)23-37-30/h2-5,7-8,10-15,29-31,37H,6,9,16-24H2,1H3,(H,38,42)/t29?,30-,31?/m1/s1. The zero-order chi connectivity index (χ0) is 30.5. The SMILES string of the molecule is CN1CCCC(Oc2ccccc2N2CCN(C(=O)C(Cc3ccc(Cl)cc3)NC(=O)[C@H]3Cc4ccccc4CN3)CC2)C1. The van der Waals surface area contributed by atoms with Crippen LogP contribution in [0.4, 0.5) is 5.69 Å². The van der Waals surface area contributed by atoms with Gasteiger partial charge in [0, 0.05) is 50.7 Å². The zero-order valence-corrected chi connectivity index (χ0v) is 26.1. The van der Waals surface area contributed by atoms with Crippen LogP contribution in [0.25, 0.3) is 0 Å². The van der Waals surface area contributed by atoms with Crippen LogP contribution >= 0.6 is 11.6 Å². The van der Waals surface area contributed by atoms with Crippen molar-refractivity contribution in [3.8, 4) is 5.75 Å². The Balaban J connectivity index is 1.12. The average molecular weight is 616 g/mol. The lowest BCUT2D eigenvalue weighted by atomic mass is 9.95. The molecule has 8 nitrogen and oxygen atoms in total. The first kappa shape index (κ1) is 30.4. The number of anilines is 1. The number of likely N-dealkylation sites (tertiary alicyclic amines) is 1. The molecule has 3 aliphatic heterocycles. The molecule has 2 unspecified atom stereocenters. The maximum atomic E-state index is 14.0. The molecular weight excluding hydrogens is 574 g/mol. The van der Waals surface area contributed by atoms with Gasteiger partial charge in [0.1, 0.15) is 17.9 Å². The second kappa shape index (κ2) is 14.0. The molecule has 44 heavy (non-hydrogen) atoms. The summed E-state index contributed by atoms with van der Waals surface area (Å²) in [5.41, 5.74) is 4.40. The number of amides is 2. The Bertz CT molecular complexity index is 1440. The molecule has 3 aromatic rings. The molecule has 3 aliphatic rings. The Hall–Kier alpha value is -3.59. The first-order valence-corrected chi connectivity index (χ1v) is 16.1. The number of benzene rings is 3. The number of hydrogen-bond acceptors (Lipinski definition) is 6. The highest BCUT2D eigenvalue weighted by molar-refractivity contribution is 6.30. The first-order valence-electron chi connectivity index (χ1n) is 15.8. The van der Waals surface area contributed by atoms with Gasteiger partial charge in [-0.15, -0.1) is 0 Å². The van der Waals surface area contributed by atoms with Crippen molar-refractivity contribution in [2.45, 2.75) is 50.4 Å². The van der Waals surface area contributed by atoms with Crippen molar-refractivity contribution in [3.63, 3.8) is 0 Å². The summed E-state index contributed by atoms with van der Waals surface area (Å²) in [6.07, 6.45) is 3.38. The van der Waals surface area contributed by atoms with E-state index in [1.165, 1.54) is 11.1 Å². The average Bonchev–Trinajstić information content (AvgIpc) is 3.05. The van der Waals surface area contributed by atoms with Crippen LogP contribution in [0, 0.1) is 0 Å². The van der Waals surface area contributed by atoms with E-state index >= 15 is 0 Å². The number of nitrogens with zero attached hydrogens (tertiary/aromatic N) is 3. The molecule has 232 valence electrons. The molecule has 0 bridgehead atoms. The van der Waals surface area contributed by atoms with Crippen LogP contribution in [0.5, 0.6) is 5.75 Å². The summed E-state index contributed by atoms with van der Waals surface area (Å²) in [7, 11) is 2.14. The van der Waals surface area contributed by atoms with Crippen molar-refractivity contribution in [2.24, 2.45) is 0 Å². The van der Waals surface area contributed by atoms with Gasteiger partial charge in [-0.3, -0.25) is 9.59 Å². The van der Waals surface area contributed by atoms with Gasteiger partial charge in [-0.25, -0.2) is 0 Å². The highest BCUT2D eigenvalue weighted by Crippen LogP contribution is 2.31. The quantitative estimate of drug-likeness (QED) is 0.400. The van der Waals surface area contributed by atoms with E-state index in [0.29, 0.717) is 50.6 Å². The Morgan fingerprint density at radius 1 is 0.955 bits per heavy atom. The van der Waals surface area contributed by atoms with Gasteiger partial charge in [-0.2, -0.15) is 0 Å². The topological polar surface area (TPSA) is 77.2 Å². The minimum atomic E-state index is -0.673. The number of nitrogens with one attached hydrogen (secondary N) is 2. The van der Waals surface area contributed by atoms with Gasteiger partial charge in [-0.05, 0) is 73.8 Å². The predicted molar refractivity (Wildman–Crippen MR) is 174 cm³/mol. The Kier molecular flexibility index (Phi) is 9.69. The highest BCUT2D eigenvalue weighted by atomic mass is 35.5. The number of carbonyl (C=O) groups is 2. The van der Waals surface area contributed by atoms with E-state index in [0.717, 1.165) is 42.9 Å². The molecule has 0 radical (unpaired) electrons. The number of halogens is 1. The summed E-state index contributed by atoms with van der Waals surface area (Å²) in [5.74, 6) is 0.700. The maximum absolute atomic E-state index is 14.0. The number of piperazine rings is 1. The van der Waals surface area contributed by atoms with Gasteiger partial charge < -0.3 is 30.1 Å². The molecule has 0 spiro atoms. The molecule has 2 N–H and O–H groups in total. The molecule has 3 aromatic carbocycles. The Labute approximate surface area is 265 Å². The van der Waals surface area contributed by atoms with Gasteiger partial charge in [0.2, 0.25) is 11.8 Å². The number of piperidine rings is 1. The molecule has 3 atom stereocenters. The fraction of sp³-hybridized carbons (Fsp3) is 0.429. The van der Waals surface area contributed by atoms with Crippen LogP contribution in [-0.4, -0.2) is 86.1 Å². The number of ether oxygens (including phenoxy) is 1. The molecule has 2 saturated heterocycles. The van der Waals surface area contributed by atoms with Crippen LogP contribution in [0.2, 0.25) is 5.02 Å². The second-order valence-corrected chi connectivity index (χ2v) is 12.7. The van der Waals surface area contributed by atoms with Gasteiger partial charge in [0.05, 0.1) is 11.7 Å². The Morgan fingerprint density at radius 3 is 2.45 bits per heavy atom. The zero-order valence-electron chi connectivity index (χ0n) is 25.4. The van der Waals surface area contributed by atoms with E-state index in [1.54, 1.807) is 0 Å². The number of hydrogen-bond donors (Lipinski definition) is 2. The monoisotopic (exact) mass is 615 g/mol. The van der Waals surface area contributed by atoms with Crippen LogP contribution in [-0.2, 0) is 29.0 Å². The maximum Gasteiger partial charge on any atom is 0.245 e. The van der Waals surface area contributed by atoms with Crippen LogP contribution in [0.15, 0.2) is 72.8 Å². The lowest BCUT2D eigenvalue weighted by molar-refractivity contribution is -0.137. The van der Waals surface area contributed by atoms with Crippen LogP contribution in [0.3, 0.4) is 0 Å². The number of carbonyl (C=O) groups excluding carboxylic acids is 2. The minimum Gasteiger partial charge on any atom is -0.487 e. The molecule has 2 fully saturated rings. The molecular formula is C35H42ClN5O3. The summed E-state index contributed by atoms with van der Waals surface area (Å²) >= 11 is 6.13. The summed E-state index contributed by atoms with van der Waals surface area (Å²) in [4.78, 5) is 34.0. The fourth-order valence-corrected chi connectivity index (χ4v) is 6.70. The van der Waals surface area contributed by atoms with Crippen molar-refractivity contribution in [1.29, 1.82) is 0 Å². The van der Waals surface area contributed by atoms with E-state index in [4.69, 9.17) is 16.3 Å². The van der Waals surface area contributed by atoms with Crippen molar-refractivity contribution in [3.05, 3.63) is 94.5 Å². The van der Waals surface area contributed by atoms with E-state index < -0.39 is 6.04 Å². The number of fused-ring (bicyclic) bond motifs is 1. The Morgan fingerprint density at radius 2 is 1.68 bits per heavy atom. The predicted octanol–water partition coefficient (Wildman–Crippen LogP) is 3.90. The molecule has 9 heteroatoms. The van der Waals surface area contributed by atoms with Gasteiger partial charge in [0.25, 0.3) is 0 Å². The molecule has 6 rings (SSSR count). The summed E-state index contributed by atoms with van der Waals surface area (Å²) in [5, 5.41) is 7.11. The largest absolute Gasteiger partial charge is 0.487 e. The van der Waals surface area contributed by atoms with Gasteiger partial charge >= 0.3 is 0 Å². The van der Waals surface area contributed by atoms with Crippen LogP contribution < -0.4 is 20.3 Å². The van der Waals surface area contributed by atoms with Crippen molar-refractivity contribution >= 4 is 29.1 Å². The van der Waals surface area contributed by atoms with E-state index in [2.05, 4.69) is 51.7 Å². The molecule has 0 aromatic heterocycles. The first-order chi connectivity index (χ1) is 21.4. The van der Waals surface area contributed by atoms with Gasteiger partial charge in [-0.1, -0.05) is 60.1 Å². The third kappa shape index (κ3) is 7.37. The highest BCUT2D eigenvalue weighted by Gasteiger charge is 2.32. The molecule has 0 saturated carbocycles. The molecule has 2 amide bonds. The number of para-hydroxylation sites is 2. The van der Waals surface area contributed by atoms with E-state index in [1.807, 2.05) is 53.4 Å². The number of likely N-dealkylation sites (N-methyl/N-ethyl adjacent to an activating group) is 1. The van der Waals surface area contributed by atoms with E-state index in [-0.39, 0.29) is 24.0 Å². The lowest BCUT2D eigenvalue weighted by Crippen LogP contribution is -2.58. The van der Waals surface area contributed by atoms with Crippen molar-refractivity contribution < 1.29 is 14.3 Å². The van der Waals surface area contributed by atoms with Crippen molar-refractivity contribution in [1.82, 2.24) is 20.4 Å². The van der Waals surface area contributed by atoms with Crippen molar-refractivity contribution in [2.75, 3.05) is 51.2 Å². The summed E-state index contributed by atoms with van der Waals surface area (Å²) in [6, 6.07) is 22.8. The molecule has 0 aliphatic carbocycles. The summed E-state index contributed by atoms with van der Waals surface area (Å²) < 4.78 is 6.49. The third-order valence-corrected chi connectivity index (χ3v) is 9.29. The summed E-state index contributed by atoms with van der Waals surface area (Å²) in [6.45, 7) is 5.21. The molecule has 3 heterocycles. The second-order valence-electron chi connectivity index (χ2n) is 12.2. The number of rotatable bonds is 8. The fourth-order valence-electron chi connectivity index (χ4n) is 6.57. The minimum absolute atomic E-state index is 0.0565. The smallest absolute Gasteiger partial charge is 0.245 e. The van der Waals surface area contributed by atoms with E-state index in [9.17, 15) is 9.59 Å². The van der Waals surface area contributed by atoms with Crippen LogP contribution in [0.1, 0.15) is 29.5 Å². The lowest BCUT2D eigenvalue weighted by Gasteiger charge is -2.39. The normalized spacial score (nSPS) is 21.3. The third-order valence-electron chi connectivity index (χ3n) is 9.04.